The quantitative estimate of drug-likeness (QED) is 0.903. The molecule has 1 saturated carbocycles. The van der Waals surface area contributed by atoms with Crippen molar-refractivity contribution in [3.8, 4) is 5.75 Å². The fourth-order valence-corrected chi connectivity index (χ4v) is 3.40. The molecule has 1 aromatic carbocycles. The van der Waals surface area contributed by atoms with Crippen molar-refractivity contribution in [2.45, 2.75) is 38.1 Å². The van der Waals surface area contributed by atoms with Gasteiger partial charge in [0.1, 0.15) is 5.75 Å². The lowest BCUT2D eigenvalue weighted by Crippen LogP contribution is -2.42. The number of ether oxygens (including phenoxy) is 1. The first kappa shape index (κ1) is 14.9. The molecule has 1 heterocycles. The van der Waals surface area contributed by atoms with Crippen molar-refractivity contribution in [1.29, 1.82) is 0 Å². The van der Waals surface area contributed by atoms with Crippen LogP contribution in [-0.4, -0.2) is 35.9 Å². The van der Waals surface area contributed by atoms with E-state index in [1.54, 1.807) is 24.3 Å². The molecule has 1 aliphatic carbocycles. The second-order valence-electron chi connectivity index (χ2n) is 6.18. The Kier molecular flexibility index (Phi) is 4.32. The molecule has 1 saturated heterocycles. The summed E-state index contributed by atoms with van der Waals surface area (Å²) in [7, 11) is 0. The van der Waals surface area contributed by atoms with Gasteiger partial charge in [-0.1, -0.05) is 12.5 Å². The number of hydrogen-bond acceptors (Lipinski definition) is 3. The number of amides is 2. The highest BCUT2D eigenvalue weighted by molar-refractivity contribution is 5.95. The van der Waals surface area contributed by atoms with E-state index in [0.717, 1.165) is 19.4 Å². The first-order chi connectivity index (χ1) is 10.6. The van der Waals surface area contributed by atoms with Crippen LogP contribution in [0.5, 0.6) is 5.75 Å². The highest BCUT2D eigenvalue weighted by Crippen LogP contribution is 2.37. The summed E-state index contributed by atoms with van der Waals surface area (Å²) in [6.07, 6.45) is 5.99. The van der Waals surface area contributed by atoms with Crippen LogP contribution >= 0.6 is 0 Å². The summed E-state index contributed by atoms with van der Waals surface area (Å²) in [5.74, 6) is 0.727. The molecule has 0 spiro atoms. The maximum Gasteiger partial charge on any atom is 0.255 e. The molecule has 0 aromatic heterocycles. The standard InChI is InChI=1S/C17H22N2O3/c18-16(20)11-22-14-7-2-6-13(10-14)17(21)19-9-3-8-15(19)12-4-1-5-12/h2,6-7,10,12,15H,1,3-5,8-9,11H2,(H2,18,20). The summed E-state index contributed by atoms with van der Waals surface area (Å²) < 4.78 is 5.28. The molecule has 1 unspecified atom stereocenters. The summed E-state index contributed by atoms with van der Waals surface area (Å²) in [6.45, 7) is 0.665. The van der Waals surface area contributed by atoms with E-state index in [4.69, 9.17) is 10.5 Å². The van der Waals surface area contributed by atoms with Gasteiger partial charge in [-0.15, -0.1) is 0 Å². The Morgan fingerprint density at radius 3 is 2.73 bits per heavy atom. The zero-order valence-corrected chi connectivity index (χ0v) is 12.7. The lowest BCUT2D eigenvalue weighted by Gasteiger charge is -2.37. The van der Waals surface area contributed by atoms with E-state index in [1.165, 1.54) is 19.3 Å². The lowest BCUT2D eigenvalue weighted by atomic mass is 9.78. The molecule has 22 heavy (non-hydrogen) atoms. The minimum absolute atomic E-state index is 0.0684. The lowest BCUT2D eigenvalue weighted by molar-refractivity contribution is -0.119. The van der Waals surface area contributed by atoms with Crippen LogP contribution < -0.4 is 10.5 Å². The average molecular weight is 302 g/mol. The maximum absolute atomic E-state index is 12.8. The fourth-order valence-electron chi connectivity index (χ4n) is 3.40. The van der Waals surface area contributed by atoms with Crippen molar-refractivity contribution in [3.63, 3.8) is 0 Å². The molecular formula is C17H22N2O3. The highest BCUT2D eigenvalue weighted by Gasteiger charge is 2.37. The van der Waals surface area contributed by atoms with Crippen LogP contribution in [0.2, 0.25) is 0 Å². The Bertz CT molecular complexity index is 569. The van der Waals surface area contributed by atoms with E-state index >= 15 is 0 Å². The van der Waals surface area contributed by atoms with Crippen LogP contribution in [0.3, 0.4) is 0 Å². The average Bonchev–Trinajstić information content (AvgIpc) is 2.92. The van der Waals surface area contributed by atoms with Gasteiger partial charge in [0.05, 0.1) is 0 Å². The zero-order valence-electron chi connectivity index (χ0n) is 12.7. The maximum atomic E-state index is 12.8. The predicted octanol–water partition coefficient (Wildman–Crippen LogP) is 1.96. The SMILES string of the molecule is NC(=O)COc1cccc(C(=O)N2CCCC2C2CCC2)c1. The minimum Gasteiger partial charge on any atom is -0.484 e. The molecule has 2 N–H and O–H groups in total. The number of carbonyl (C=O) groups is 2. The van der Waals surface area contributed by atoms with Crippen molar-refractivity contribution < 1.29 is 14.3 Å². The number of benzene rings is 1. The molecule has 1 aromatic rings. The summed E-state index contributed by atoms with van der Waals surface area (Å²) in [4.78, 5) is 25.6. The monoisotopic (exact) mass is 302 g/mol. The third-order valence-corrected chi connectivity index (χ3v) is 4.72. The predicted molar refractivity (Wildman–Crippen MR) is 82.5 cm³/mol. The third kappa shape index (κ3) is 3.08. The third-order valence-electron chi connectivity index (χ3n) is 4.72. The van der Waals surface area contributed by atoms with E-state index in [0.29, 0.717) is 23.3 Å². The van der Waals surface area contributed by atoms with Gasteiger partial charge in [-0.25, -0.2) is 0 Å². The molecular weight excluding hydrogens is 280 g/mol. The zero-order chi connectivity index (χ0) is 15.5. The molecule has 0 radical (unpaired) electrons. The first-order valence-electron chi connectivity index (χ1n) is 7.97. The molecule has 2 aliphatic rings. The molecule has 1 atom stereocenters. The fraction of sp³-hybridized carbons (Fsp3) is 0.529. The van der Waals surface area contributed by atoms with Crippen molar-refractivity contribution in [2.75, 3.05) is 13.2 Å². The molecule has 118 valence electrons. The van der Waals surface area contributed by atoms with E-state index < -0.39 is 5.91 Å². The summed E-state index contributed by atoms with van der Waals surface area (Å²) >= 11 is 0. The van der Waals surface area contributed by atoms with Crippen LogP contribution in [0, 0.1) is 5.92 Å². The number of carbonyl (C=O) groups excluding carboxylic acids is 2. The highest BCUT2D eigenvalue weighted by atomic mass is 16.5. The summed E-state index contributed by atoms with van der Waals surface area (Å²) in [5, 5.41) is 0. The van der Waals surface area contributed by atoms with Crippen molar-refractivity contribution in [1.82, 2.24) is 4.90 Å². The van der Waals surface area contributed by atoms with Crippen LogP contribution in [0.1, 0.15) is 42.5 Å². The van der Waals surface area contributed by atoms with Gasteiger partial charge in [-0.2, -0.15) is 0 Å². The molecule has 2 amide bonds. The minimum atomic E-state index is -0.527. The number of rotatable bonds is 5. The van der Waals surface area contributed by atoms with Crippen molar-refractivity contribution in [2.24, 2.45) is 11.7 Å². The second-order valence-corrected chi connectivity index (χ2v) is 6.18. The number of nitrogens with two attached hydrogens (primary N) is 1. The van der Waals surface area contributed by atoms with E-state index in [1.807, 2.05) is 4.90 Å². The van der Waals surface area contributed by atoms with Crippen LogP contribution in [0.25, 0.3) is 0 Å². The molecule has 5 nitrogen and oxygen atoms in total. The van der Waals surface area contributed by atoms with Gasteiger partial charge in [0.15, 0.2) is 6.61 Å². The Labute approximate surface area is 130 Å². The normalized spacial score (nSPS) is 21.5. The van der Waals surface area contributed by atoms with Gasteiger partial charge >= 0.3 is 0 Å². The summed E-state index contributed by atoms with van der Waals surface area (Å²) in [6, 6.07) is 7.40. The first-order valence-corrected chi connectivity index (χ1v) is 7.97. The molecule has 2 fully saturated rings. The van der Waals surface area contributed by atoms with E-state index in [2.05, 4.69) is 0 Å². The number of likely N-dealkylation sites (tertiary alicyclic amines) is 1. The Hall–Kier alpha value is -2.04. The topological polar surface area (TPSA) is 72.6 Å². The van der Waals surface area contributed by atoms with Crippen molar-refractivity contribution >= 4 is 11.8 Å². The Balaban J connectivity index is 1.71. The summed E-state index contributed by atoms with van der Waals surface area (Å²) in [5.41, 5.74) is 5.69. The molecule has 1 aliphatic heterocycles. The van der Waals surface area contributed by atoms with Crippen LogP contribution in [-0.2, 0) is 4.79 Å². The van der Waals surface area contributed by atoms with Crippen molar-refractivity contribution in [3.05, 3.63) is 29.8 Å². The Morgan fingerprint density at radius 1 is 1.23 bits per heavy atom. The van der Waals surface area contributed by atoms with E-state index in [-0.39, 0.29) is 12.5 Å². The Morgan fingerprint density at radius 2 is 2.05 bits per heavy atom. The largest absolute Gasteiger partial charge is 0.484 e. The van der Waals surface area contributed by atoms with Gasteiger partial charge in [0.2, 0.25) is 0 Å². The van der Waals surface area contributed by atoms with Crippen LogP contribution in [0.15, 0.2) is 24.3 Å². The van der Waals surface area contributed by atoms with Gasteiger partial charge in [-0.3, -0.25) is 9.59 Å². The smallest absolute Gasteiger partial charge is 0.255 e. The molecule has 5 heteroatoms. The van der Waals surface area contributed by atoms with Gasteiger partial charge < -0.3 is 15.4 Å². The van der Waals surface area contributed by atoms with Gasteiger partial charge in [-0.05, 0) is 49.8 Å². The van der Waals surface area contributed by atoms with Crippen LogP contribution in [0.4, 0.5) is 0 Å². The number of primary amides is 1. The van der Waals surface area contributed by atoms with Gasteiger partial charge in [0.25, 0.3) is 11.8 Å². The molecule has 3 rings (SSSR count). The number of nitrogens with zero attached hydrogens (tertiary/aromatic N) is 1. The molecule has 0 bridgehead atoms. The second kappa shape index (κ2) is 6.38. The van der Waals surface area contributed by atoms with Gasteiger partial charge in [0, 0.05) is 18.2 Å². The number of hydrogen-bond donors (Lipinski definition) is 1. The van der Waals surface area contributed by atoms with E-state index in [9.17, 15) is 9.59 Å².